The Bertz CT molecular complexity index is 1060. The molecule has 4 rings (SSSR count). The molecule has 0 aromatic heterocycles. The van der Waals surface area contributed by atoms with Gasteiger partial charge in [-0.25, -0.2) is 13.1 Å². The van der Waals surface area contributed by atoms with Crippen LogP contribution in [0.3, 0.4) is 0 Å². The molecule has 5 nitrogen and oxygen atoms in total. The highest BCUT2D eigenvalue weighted by molar-refractivity contribution is 7.89. The van der Waals surface area contributed by atoms with Gasteiger partial charge >= 0.3 is 0 Å². The largest absolute Gasteiger partial charge is 0.492 e. The highest BCUT2D eigenvalue weighted by Gasteiger charge is 2.44. The zero-order valence-electron chi connectivity index (χ0n) is 17.9. The molecule has 0 bridgehead atoms. The van der Waals surface area contributed by atoms with Crippen molar-refractivity contribution < 1.29 is 13.2 Å². The van der Waals surface area contributed by atoms with Gasteiger partial charge in [0.05, 0.1) is 11.5 Å². The Balaban J connectivity index is 1.48. The van der Waals surface area contributed by atoms with E-state index in [1.165, 1.54) is 28.8 Å². The van der Waals surface area contributed by atoms with Gasteiger partial charge < -0.3 is 4.74 Å². The predicted molar refractivity (Wildman–Crippen MR) is 126 cm³/mol. The summed E-state index contributed by atoms with van der Waals surface area (Å²) in [5, 5.41) is 0.753. The van der Waals surface area contributed by atoms with Gasteiger partial charge in [-0.1, -0.05) is 37.1 Å². The minimum Gasteiger partial charge on any atom is -0.492 e. The number of nitrogens with zero attached hydrogens (tertiary/aromatic N) is 1. The van der Waals surface area contributed by atoms with E-state index >= 15 is 0 Å². The van der Waals surface area contributed by atoms with Gasteiger partial charge in [0, 0.05) is 23.5 Å². The lowest BCUT2D eigenvalue weighted by Gasteiger charge is -2.45. The van der Waals surface area contributed by atoms with Gasteiger partial charge in [0.15, 0.2) is 0 Å². The summed E-state index contributed by atoms with van der Waals surface area (Å²) in [4.78, 5) is 4.98. The molecule has 0 amide bonds. The Kier molecular flexibility index (Phi) is 6.70. The molecule has 2 aromatic rings. The molecule has 0 unspecified atom stereocenters. The number of aliphatic imine (C=N–C) groups is 1. The summed E-state index contributed by atoms with van der Waals surface area (Å²) in [5.74, 6) is 0.910. The number of benzene rings is 2. The maximum Gasteiger partial charge on any atom is 0.211 e. The Hall–Kier alpha value is -1.89. The third-order valence-electron chi connectivity index (χ3n) is 6.21. The number of hydrogen-bond acceptors (Lipinski definition) is 4. The first kappa shape index (κ1) is 22.3. The molecule has 0 radical (unpaired) electrons. The molecule has 0 saturated heterocycles. The quantitative estimate of drug-likeness (QED) is 0.559. The second kappa shape index (κ2) is 9.31. The maximum atomic E-state index is 11.7. The Morgan fingerprint density at radius 1 is 1.16 bits per heavy atom. The maximum absolute atomic E-state index is 11.7. The lowest BCUT2D eigenvalue weighted by atomic mass is 9.59. The number of nitrogens with one attached hydrogen (secondary N) is 1. The van der Waals surface area contributed by atoms with Gasteiger partial charge in [0.2, 0.25) is 10.0 Å². The molecule has 1 fully saturated rings. The smallest absolute Gasteiger partial charge is 0.211 e. The molecule has 1 saturated carbocycles. The number of fused-ring (bicyclic) bond motifs is 1. The van der Waals surface area contributed by atoms with Crippen LogP contribution in [-0.4, -0.2) is 39.6 Å². The molecular formula is C24H29ClN2O3S. The molecule has 1 N–H and O–H groups in total. The van der Waals surface area contributed by atoms with E-state index in [9.17, 15) is 8.42 Å². The highest BCUT2D eigenvalue weighted by Crippen LogP contribution is 2.48. The third kappa shape index (κ3) is 4.81. The molecule has 1 aliphatic carbocycles. The van der Waals surface area contributed by atoms with Crippen LogP contribution < -0.4 is 9.46 Å². The molecule has 7 heteroatoms. The summed E-state index contributed by atoms with van der Waals surface area (Å²) in [5.41, 5.74) is 4.89. The number of sulfonamides is 1. The van der Waals surface area contributed by atoms with Crippen LogP contribution >= 0.6 is 11.6 Å². The van der Waals surface area contributed by atoms with E-state index in [0.29, 0.717) is 13.0 Å². The van der Waals surface area contributed by atoms with E-state index in [2.05, 4.69) is 29.0 Å². The van der Waals surface area contributed by atoms with Gasteiger partial charge in [-0.05, 0) is 72.7 Å². The van der Waals surface area contributed by atoms with E-state index < -0.39 is 10.0 Å². The number of hydrogen-bond donors (Lipinski definition) is 1. The first-order valence-corrected chi connectivity index (χ1v) is 13.0. The number of halogens is 1. The summed E-state index contributed by atoms with van der Waals surface area (Å²) < 4.78 is 31.9. The van der Waals surface area contributed by atoms with Crippen molar-refractivity contribution in [2.24, 2.45) is 4.99 Å². The fourth-order valence-electron chi connectivity index (χ4n) is 4.55. The predicted octanol–water partition coefficient (Wildman–Crippen LogP) is 4.52. The van der Waals surface area contributed by atoms with Gasteiger partial charge in [0.25, 0.3) is 0 Å². The molecule has 166 valence electrons. The average molecular weight is 461 g/mol. The molecule has 31 heavy (non-hydrogen) atoms. The van der Waals surface area contributed by atoms with Crippen molar-refractivity contribution in [2.75, 3.05) is 25.4 Å². The molecule has 2 aliphatic rings. The number of rotatable bonds is 9. The van der Waals surface area contributed by atoms with E-state index in [-0.39, 0.29) is 17.7 Å². The van der Waals surface area contributed by atoms with Gasteiger partial charge in [-0.3, -0.25) is 4.99 Å². The molecule has 1 heterocycles. The monoisotopic (exact) mass is 460 g/mol. The van der Waals surface area contributed by atoms with Crippen LogP contribution in [0.1, 0.15) is 49.3 Å². The van der Waals surface area contributed by atoms with Gasteiger partial charge in [-0.15, -0.1) is 0 Å². The SMILES string of the molecule is CCCS(=O)(=O)NCCOc1ccc2c(c1)CCN=C2C1(c2ccc(Cl)cc2)CCC1. The van der Waals surface area contributed by atoms with Crippen LogP contribution in [0.15, 0.2) is 47.5 Å². The van der Waals surface area contributed by atoms with E-state index in [1.54, 1.807) is 0 Å². The first-order valence-electron chi connectivity index (χ1n) is 11.0. The average Bonchev–Trinajstić information content (AvgIpc) is 2.72. The molecule has 0 spiro atoms. The summed E-state index contributed by atoms with van der Waals surface area (Å²) in [6.45, 7) is 3.20. The summed E-state index contributed by atoms with van der Waals surface area (Å²) >= 11 is 6.12. The van der Waals surface area contributed by atoms with Crippen LogP contribution in [0.2, 0.25) is 5.02 Å². The van der Waals surface area contributed by atoms with Crippen molar-refractivity contribution >= 4 is 27.3 Å². The standard InChI is InChI=1S/C24H29ClN2O3S/c1-2-16-31(28,29)27-14-15-30-21-8-9-22-18(17-21)10-13-26-23(22)24(11-3-12-24)19-4-6-20(25)7-5-19/h4-9,17,27H,2-3,10-16H2,1H3. The lowest BCUT2D eigenvalue weighted by molar-refractivity contribution is 0.322. The van der Waals surface area contributed by atoms with Crippen molar-refractivity contribution in [3.63, 3.8) is 0 Å². The van der Waals surface area contributed by atoms with Crippen LogP contribution in [0.4, 0.5) is 0 Å². The van der Waals surface area contributed by atoms with Crippen LogP contribution in [0.5, 0.6) is 5.75 Å². The number of ether oxygens (including phenoxy) is 1. The minimum atomic E-state index is -3.20. The summed E-state index contributed by atoms with van der Waals surface area (Å²) in [6.07, 6.45) is 4.89. The van der Waals surface area contributed by atoms with Crippen molar-refractivity contribution in [2.45, 2.75) is 44.4 Å². The second-order valence-electron chi connectivity index (χ2n) is 8.30. The zero-order valence-corrected chi connectivity index (χ0v) is 19.4. The molecule has 0 atom stereocenters. The molecule has 1 aliphatic heterocycles. The van der Waals surface area contributed by atoms with Crippen molar-refractivity contribution in [3.05, 3.63) is 64.2 Å². The summed E-state index contributed by atoms with van der Waals surface area (Å²) in [7, 11) is -3.20. The lowest BCUT2D eigenvalue weighted by Crippen LogP contribution is -2.44. The Morgan fingerprint density at radius 3 is 2.61 bits per heavy atom. The van der Waals surface area contributed by atoms with Gasteiger partial charge in [0.1, 0.15) is 12.4 Å². The van der Waals surface area contributed by atoms with Crippen LogP contribution in [-0.2, 0) is 21.9 Å². The normalized spacial score (nSPS) is 17.4. The Labute approximate surface area is 189 Å². The minimum absolute atomic E-state index is 0.0281. The molecular weight excluding hydrogens is 432 g/mol. The van der Waals surface area contributed by atoms with Crippen LogP contribution in [0.25, 0.3) is 0 Å². The summed E-state index contributed by atoms with van der Waals surface area (Å²) in [6, 6.07) is 14.4. The highest BCUT2D eigenvalue weighted by atomic mass is 35.5. The molecule has 2 aromatic carbocycles. The van der Waals surface area contributed by atoms with E-state index in [0.717, 1.165) is 36.6 Å². The fourth-order valence-corrected chi connectivity index (χ4v) is 5.75. The topological polar surface area (TPSA) is 67.8 Å². The van der Waals surface area contributed by atoms with E-state index in [4.69, 9.17) is 21.3 Å². The zero-order chi connectivity index (χ0) is 21.9. The Morgan fingerprint density at radius 2 is 1.94 bits per heavy atom. The third-order valence-corrected chi connectivity index (χ3v) is 8.05. The first-order chi connectivity index (χ1) is 14.9. The van der Waals surface area contributed by atoms with Crippen LogP contribution in [0, 0.1) is 0 Å². The second-order valence-corrected chi connectivity index (χ2v) is 10.7. The van der Waals surface area contributed by atoms with E-state index in [1.807, 2.05) is 25.1 Å². The van der Waals surface area contributed by atoms with Gasteiger partial charge in [-0.2, -0.15) is 0 Å². The fraction of sp³-hybridized carbons (Fsp3) is 0.458. The van der Waals surface area contributed by atoms with Crippen molar-refractivity contribution in [3.8, 4) is 5.75 Å². The van der Waals surface area contributed by atoms with Crippen molar-refractivity contribution in [1.29, 1.82) is 0 Å². The van der Waals surface area contributed by atoms with Crippen molar-refractivity contribution in [1.82, 2.24) is 4.72 Å².